The third-order valence-corrected chi connectivity index (χ3v) is 4.58. The molecular weight excluding hydrogens is 330 g/mol. The van der Waals surface area contributed by atoms with Gasteiger partial charge in [-0.3, -0.25) is 4.79 Å². The minimum Gasteiger partial charge on any atom is -0.497 e. The topological polar surface area (TPSA) is 61.9 Å². The number of ether oxygens (including phenoxy) is 1. The number of anilines is 2. The van der Waals surface area contributed by atoms with Crippen LogP contribution in [-0.4, -0.2) is 43.1 Å². The molecule has 0 aliphatic carbocycles. The molecule has 1 aliphatic heterocycles. The molecule has 6 heteroatoms. The maximum atomic E-state index is 12.8. The van der Waals surface area contributed by atoms with Crippen LogP contribution in [0.2, 0.25) is 0 Å². The second-order valence-electron chi connectivity index (χ2n) is 6.36. The van der Waals surface area contributed by atoms with E-state index in [9.17, 15) is 9.59 Å². The van der Waals surface area contributed by atoms with Crippen LogP contribution in [0.5, 0.6) is 5.75 Å². The fourth-order valence-electron chi connectivity index (χ4n) is 3.01. The fraction of sp³-hybridized carbons (Fsp3) is 0.300. The van der Waals surface area contributed by atoms with E-state index in [1.807, 2.05) is 55.5 Å². The van der Waals surface area contributed by atoms with Crippen LogP contribution in [0.15, 0.2) is 48.5 Å². The highest BCUT2D eigenvalue weighted by atomic mass is 16.5. The Hall–Kier alpha value is -3.02. The van der Waals surface area contributed by atoms with Gasteiger partial charge in [0.25, 0.3) is 0 Å². The highest BCUT2D eigenvalue weighted by Crippen LogP contribution is 2.25. The molecule has 3 rings (SSSR count). The van der Waals surface area contributed by atoms with Gasteiger partial charge in [0.1, 0.15) is 11.8 Å². The number of nitrogens with zero attached hydrogens (tertiary/aromatic N) is 2. The molecule has 1 atom stereocenters. The highest BCUT2D eigenvalue weighted by molar-refractivity contribution is 6.01. The van der Waals surface area contributed by atoms with Gasteiger partial charge in [-0.2, -0.15) is 0 Å². The van der Waals surface area contributed by atoms with Crippen molar-refractivity contribution < 1.29 is 14.3 Å². The molecule has 0 bridgehead atoms. The molecule has 0 radical (unpaired) electrons. The number of rotatable bonds is 3. The smallest absolute Gasteiger partial charge is 0.322 e. The van der Waals surface area contributed by atoms with Crippen LogP contribution < -0.4 is 15.0 Å². The Bertz CT molecular complexity index is 804. The summed E-state index contributed by atoms with van der Waals surface area (Å²) in [5.41, 5.74) is 2.62. The van der Waals surface area contributed by atoms with Crippen molar-refractivity contribution in [2.24, 2.45) is 0 Å². The SMILES string of the molecule is COc1cccc(N2CCN(C(=O)Nc3ccc(C)cc3)C(C)C2=O)c1. The first-order chi connectivity index (χ1) is 12.5. The largest absolute Gasteiger partial charge is 0.497 e. The van der Waals surface area contributed by atoms with Crippen molar-refractivity contribution in [2.45, 2.75) is 19.9 Å². The second-order valence-corrected chi connectivity index (χ2v) is 6.36. The van der Waals surface area contributed by atoms with Crippen molar-refractivity contribution in [1.82, 2.24) is 4.90 Å². The van der Waals surface area contributed by atoms with Gasteiger partial charge in [0.15, 0.2) is 0 Å². The van der Waals surface area contributed by atoms with Crippen LogP contribution in [0.25, 0.3) is 0 Å². The molecule has 1 saturated heterocycles. The molecule has 2 aromatic rings. The number of hydrogen-bond acceptors (Lipinski definition) is 3. The van der Waals surface area contributed by atoms with Gasteiger partial charge in [-0.15, -0.1) is 0 Å². The molecular formula is C20H23N3O3. The number of nitrogens with one attached hydrogen (secondary N) is 1. The molecule has 0 saturated carbocycles. The molecule has 1 fully saturated rings. The van der Waals surface area contributed by atoms with E-state index in [0.29, 0.717) is 18.8 Å². The van der Waals surface area contributed by atoms with Gasteiger partial charge < -0.3 is 19.9 Å². The summed E-state index contributed by atoms with van der Waals surface area (Å²) in [6.45, 7) is 4.65. The van der Waals surface area contributed by atoms with Crippen molar-refractivity contribution in [3.8, 4) is 5.75 Å². The van der Waals surface area contributed by atoms with Crippen LogP contribution in [0, 0.1) is 6.92 Å². The van der Waals surface area contributed by atoms with Gasteiger partial charge in [0.2, 0.25) is 5.91 Å². The van der Waals surface area contributed by atoms with Gasteiger partial charge in [-0.05, 0) is 38.1 Å². The summed E-state index contributed by atoms with van der Waals surface area (Å²) in [4.78, 5) is 28.6. The van der Waals surface area contributed by atoms with E-state index in [0.717, 1.165) is 16.9 Å². The Morgan fingerprint density at radius 1 is 1.15 bits per heavy atom. The molecule has 2 aromatic carbocycles. The van der Waals surface area contributed by atoms with Gasteiger partial charge in [0, 0.05) is 30.5 Å². The number of hydrogen-bond donors (Lipinski definition) is 1. The van der Waals surface area contributed by atoms with Crippen LogP contribution in [0.4, 0.5) is 16.2 Å². The van der Waals surface area contributed by atoms with E-state index in [2.05, 4.69) is 5.32 Å². The molecule has 1 aliphatic rings. The molecule has 26 heavy (non-hydrogen) atoms. The average molecular weight is 353 g/mol. The van der Waals surface area contributed by atoms with E-state index in [1.165, 1.54) is 0 Å². The van der Waals surface area contributed by atoms with Crippen LogP contribution in [-0.2, 0) is 4.79 Å². The third kappa shape index (κ3) is 3.64. The summed E-state index contributed by atoms with van der Waals surface area (Å²) >= 11 is 0. The number of amides is 3. The quantitative estimate of drug-likeness (QED) is 0.921. The predicted molar refractivity (Wildman–Crippen MR) is 102 cm³/mol. The summed E-state index contributed by atoms with van der Waals surface area (Å²) in [5.74, 6) is 0.589. The Morgan fingerprint density at radius 3 is 2.58 bits per heavy atom. The van der Waals surface area contributed by atoms with Crippen LogP contribution in [0.1, 0.15) is 12.5 Å². The number of piperazine rings is 1. The van der Waals surface area contributed by atoms with Crippen LogP contribution in [0.3, 0.4) is 0 Å². The lowest BCUT2D eigenvalue weighted by molar-refractivity contribution is -0.123. The lowest BCUT2D eigenvalue weighted by Crippen LogP contribution is -2.58. The minimum atomic E-state index is -0.541. The van der Waals surface area contributed by atoms with E-state index < -0.39 is 6.04 Å². The molecule has 136 valence electrons. The summed E-state index contributed by atoms with van der Waals surface area (Å²) < 4.78 is 5.23. The maximum Gasteiger partial charge on any atom is 0.322 e. The van der Waals surface area contributed by atoms with Crippen molar-refractivity contribution in [2.75, 3.05) is 30.4 Å². The molecule has 1 unspecified atom stereocenters. The van der Waals surface area contributed by atoms with Crippen LogP contribution >= 0.6 is 0 Å². The van der Waals surface area contributed by atoms with Gasteiger partial charge in [0.05, 0.1) is 7.11 Å². The normalized spacial score (nSPS) is 17.2. The first kappa shape index (κ1) is 17.8. The van der Waals surface area contributed by atoms with E-state index in [4.69, 9.17) is 4.74 Å². The number of methoxy groups -OCH3 is 1. The number of carbonyl (C=O) groups is 2. The molecule has 6 nitrogen and oxygen atoms in total. The third-order valence-electron chi connectivity index (χ3n) is 4.58. The van der Waals surface area contributed by atoms with E-state index in [1.54, 1.807) is 23.8 Å². The van der Waals surface area contributed by atoms with Crippen molar-refractivity contribution in [3.05, 3.63) is 54.1 Å². The molecule has 3 amide bonds. The first-order valence-electron chi connectivity index (χ1n) is 8.59. The van der Waals surface area contributed by atoms with Crippen molar-refractivity contribution >= 4 is 23.3 Å². The highest BCUT2D eigenvalue weighted by Gasteiger charge is 2.35. The number of benzene rings is 2. The van der Waals surface area contributed by atoms with E-state index >= 15 is 0 Å². The monoisotopic (exact) mass is 353 g/mol. The summed E-state index contributed by atoms with van der Waals surface area (Å²) in [6.07, 6.45) is 0. The summed E-state index contributed by atoms with van der Waals surface area (Å²) in [5, 5.41) is 2.86. The Labute approximate surface area is 153 Å². The lowest BCUT2D eigenvalue weighted by Gasteiger charge is -2.39. The molecule has 0 spiro atoms. The minimum absolute atomic E-state index is 0.108. The Kier molecular flexibility index (Phi) is 5.11. The fourth-order valence-corrected chi connectivity index (χ4v) is 3.01. The zero-order valence-corrected chi connectivity index (χ0v) is 15.2. The van der Waals surface area contributed by atoms with E-state index in [-0.39, 0.29) is 11.9 Å². The van der Waals surface area contributed by atoms with Gasteiger partial charge in [-0.25, -0.2) is 4.79 Å². The zero-order chi connectivity index (χ0) is 18.7. The Balaban J connectivity index is 1.70. The number of carbonyl (C=O) groups excluding carboxylic acids is 2. The van der Waals surface area contributed by atoms with Gasteiger partial charge in [-0.1, -0.05) is 23.8 Å². The summed E-state index contributed by atoms with van der Waals surface area (Å²) in [6, 6.07) is 14.2. The predicted octanol–water partition coefficient (Wildman–Crippen LogP) is 3.27. The van der Waals surface area contributed by atoms with Crippen molar-refractivity contribution in [3.63, 3.8) is 0 Å². The second kappa shape index (κ2) is 7.47. The zero-order valence-electron chi connectivity index (χ0n) is 15.2. The number of urea groups is 1. The summed E-state index contributed by atoms with van der Waals surface area (Å²) in [7, 11) is 1.59. The van der Waals surface area contributed by atoms with Crippen molar-refractivity contribution in [1.29, 1.82) is 0 Å². The maximum absolute atomic E-state index is 12.8. The molecule has 0 aromatic heterocycles. The average Bonchev–Trinajstić information content (AvgIpc) is 2.65. The van der Waals surface area contributed by atoms with Gasteiger partial charge >= 0.3 is 6.03 Å². The Morgan fingerprint density at radius 2 is 1.88 bits per heavy atom. The molecule has 1 N–H and O–H groups in total. The molecule has 1 heterocycles. The standard InChI is InChI=1S/C20H23N3O3/c1-14-7-9-16(10-8-14)21-20(25)22-11-12-23(19(24)15(22)2)17-5-4-6-18(13-17)26-3/h4-10,13,15H,11-12H2,1-3H3,(H,21,25). The lowest BCUT2D eigenvalue weighted by atomic mass is 10.1. The first-order valence-corrected chi connectivity index (χ1v) is 8.59. The number of aryl methyl sites for hydroxylation is 1.